The van der Waals surface area contributed by atoms with E-state index < -0.39 is 0 Å². The molecule has 1 fully saturated rings. The molecular formula is C20H25NO2. The second kappa shape index (κ2) is 7.14. The normalized spacial score (nSPS) is 19.0. The third-order valence-corrected chi connectivity index (χ3v) is 4.58. The lowest BCUT2D eigenvalue weighted by Gasteiger charge is -2.30. The number of hydrogen-bond donors (Lipinski definition) is 0. The molecule has 23 heavy (non-hydrogen) atoms. The molecule has 0 N–H and O–H groups in total. The highest BCUT2D eigenvalue weighted by Gasteiger charge is 2.22. The van der Waals surface area contributed by atoms with Crippen LogP contribution in [0.5, 0.6) is 5.75 Å². The topological polar surface area (TPSA) is 29.5 Å². The van der Waals surface area contributed by atoms with Crippen molar-refractivity contribution in [2.45, 2.75) is 26.7 Å². The Morgan fingerprint density at radius 1 is 1.26 bits per heavy atom. The lowest BCUT2D eigenvalue weighted by Crippen LogP contribution is -2.38. The zero-order chi connectivity index (χ0) is 16.2. The molecule has 3 nitrogen and oxygen atoms in total. The first-order chi connectivity index (χ1) is 11.2. The van der Waals surface area contributed by atoms with Crippen LogP contribution in [0.2, 0.25) is 0 Å². The zero-order valence-electron chi connectivity index (χ0n) is 14.0. The number of ether oxygens (including phenoxy) is 1. The van der Waals surface area contributed by atoms with Crippen molar-refractivity contribution in [3.8, 4) is 5.75 Å². The van der Waals surface area contributed by atoms with Crippen LogP contribution in [-0.2, 0) is 0 Å². The van der Waals surface area contributed by atoms with Gasteiger partial charge in [-0.2, -0.15) is 0 Å². The number of nitrogens with zero attached hydrogens (tertiary/aromatic N) is 1. The average Bonchev–Trinajstić information content (AvgIpc) is 2.54. The van der Waals surface area contributed by atoms with Gasteiger partial charge in [-0.15, -0.1) is 0 Å². The molecule has 0 saturated carbocycles. The summed E-state index contributed by atoms with van der Waals surface area (Å²) >= 11 is 0. The Morgan fingerprint density at radius 2 is 2.09 bits per heavy atom. The molecule has 1 heterocycles. The van der Waals surface area contributed by atoms with E-state index in [4.69, 9.17) is 4.74 Å². The molecule has 1 aliphatic rings. The number of hydrogen-bond acceptors (Lipinski definition) is 3. The molecule has 1 unspecified atom stereocenters. The molecule has 3 heteroatoms. The third kappa shape index (κ3) is 3.56. The van der Waals surface area contributed by atoms with Gasteiger partial charge in [-0.25, -0.2) is 0 Å². The van der Waals surface area contributed by atoms with Crippen LogP contribution in [0, 0.1) is 5.92 Å². The largest absolute Gasteiger partial charge is 0.493 e. The van der Waals surface area contributed by atoms with E-state index in [1.807, 2.05) is 43.3 Å². The first-order valence-electron chi connectivity index (χ1n) is 8.59. The monoisotopic (exact) mass is 311 g/mol. The fourth-order valence-corrected chi connectivity index (χ4v) is 3.53. The van der Waals surface area contributed by atoms with Gasteiger partial charge in [0.2, 0.25) is 0 Å². The van der Waals surface area contributed by atoms with E-state index in [0.717, 1.165) is 29.4 Å². The number of carbonyl (C=O) groups excluding carboxylic acids is 1. The van der Waals surface area contributed by atoms with Gasteiger partial charge in [0, 0.05) is 6.54 Å². The SMILES string of the molecule is CCOc1ccc2ccccc2c1C(=O)CN1CCCC(C)C1. The first kappa shape index (κ1) is 16.0. The maximum Gasteiger partial charge on any atom is 0.181 e. The van der Waals surface area contributed by atoms with E-state index in [1.165, 1.54) is 12.8 Å². The number of likely N-dealkylation sites (tertiary alicyclic amines) is 1. The van der Waals surface area contributed by atoms with Gasteiger partial charge >= 0.3 is 0 Å². The summed E-state index contributed by atoms with van der Waals surface area (Å²) in [6, 6.07) is 12.0. The molecule has 0 radical (unpaired) electrons. The van der Waals surface area contributed by atoms with E-state index in [9.17, 15) is 4.79 Å². The van der Waals surface area contributed by atoms with Gasteiger partial charge in [0.05, 0.1) is 18.7 Å². The predicted molar refractivity (Wildman–Crippen MR) is 94.3 cm³/mol. The number of carbonyl (C=O) groups is 1. The summed E-state index contributed by atoms with van der Waals surface area (Å²) in [6.45, 7) is 7.30. The molecule has 122 valence electrons. The van der Waals surface area contributed by atoms with Crippen molar-refractivity contribution in [3.05, 3.63) is 42.0 Å². The van der Waals surface area contributed by atoms with Gasteiger partial charge in [0.25, 0.3) is 0 Å². The lowest BCUT2D eigenvalue weighted by molar-refractivity contribution is 0.0891. The van der Waals surface area contributed by atoms with Crippen LogP contribution < -0.4 is 4.74 Å². The van der Waals surface area contributed by atoms with Crippen LogP contribution in [0.4, 0.5) is 0 Å². The van der Waals surface area contributed by atoms with E-state index in [0.29, 0.717) is 24.8 Å². The average molecular weight is 311 g/mol. The van der Waals surface area contributed by atoms with E-state index in [-0.39, 0.29) is 5.78 Å². The number of rotatable bonds is 5. The maximum atomic E-state index is 13.0. The minimum atomic E-state index is 0.166. The third-order valence-electron chi connectivity index (χ3n) is 4.58. The highest BCUT2D eigenvalue weighted by atomic mass is 16.5. The fraction of sp³-hybridized carbons (Fsp3) is 0.450. The van der Waals surface area contributed by atoms with Crippen LogP contribution in [0.15, 0.2) is 36.4 Å². The molecule has 1 atom stereocenters. The molecule has 0 amide bonds. The van der Waals surface area contributed by atoms with Gasteiger partial charge in [-0.1, -0.05) is 37.3 Å². The van der Waals surface area contributed by atoms with Crippen molar-refractivity contribution < 1.29 is 9.53 Å². The summed E-state index contributed by atoms with van der Waals surface area (Å²) in [7, 11) is 0. The van der Waals surface area contributed by atoms with Crippen LogP contribution in [0.1, 0.15) is 37.0 Å². The van der Waals surface area contributed by atoms with Crippen LogP contribution in [0.25, 0.3) is 10.8 Å². The number of ketones is 1. The highest BCUT2D eigenvalue weighted by Crippen LogP contribution is 2.29. The predicted octanol–water partition coefficient (Wildman–Crippen LogP) is 4.15. The Kier molecular flexibility index (Phi) is 4.97. The molecular weight excluding hydrogens is 286 g/mol. The molecule has 0 bridgehead atoms. The van der Waals surface area contributed by atoms with Crippen molar-refractivity contribution in [1.82, 2.24) is 4.90 Å². The Hall–Kier alpha value is -1.87. The summed E-state index contributed by atoms with van der Waals surface area (Å²) in [5, 5.41) is 2.08. The summed E-state index contributed by atoms with van der Waals surface area (Å²) in [5.41, 5.74) is 0.739. The molecule has 3 rings (SSSR count). The number of benzene rings is 2. The van der Waals surface area contributed by atoms with Gasteiger partial charge in [-0.05, 0) is 49.1 Å². The molecule has 0 spiro atoms. The summed E-state index contributed by atoms with van der Waals surface area (Å²) in [4.78, 5) is 15.3. The smallest absolute Gasteiger partial charge is 0.181 e. The molecule has 1 aliphatic heterocycles. The zero-order valence-corrected chi connectivity index (χ0v) is 14.0. The van der Waals surface area contributed by atoms with Crippen molar-refractivity contribution in [2.75, 3.05) is 26.2 Å². The minimum Gasteiger partial charge on any atom is -0.493 e. The van der Waals surface area contributed by atoms with E-state index >= 15 is 0 Å². The highest BCUT2D eigenvalue weighted by molar-refractivity contribution is 6.11. The van der Waals surface area contributed by atoms with Gasteiger partial charge in [-0.3, -0.25) is 9.69 Å². The van der Waals surface area contributed by atoms with Gasteiger partial charge in [0.1, 0.15) is 5.75 Å². The Morgan fingerprint density at radius 3 is 2.87 bits per heavy atom. The Bertz CT molecular complexity index is 695. The number of fused-ring (bicyclic) bond motifs is 1. The van der Waals surface area contributed by atoms with Crippen LogP contribution in [-0.4, -0.2) is 36.9 Å². The number of Topliss-reactive ketones (excluding diaryl/α,β-unsaturated/α-hetero) is 1. The number of piperidine rings is 1. The van der Waals surface area contributed by atoms with Crippen molar-refractivity contribution in [1.29, 1.82) is 0 Å². The van der Waals surface area contributed by atoms with E-state index in [2.05, 4.69) is 11.8 Å². The van der Waals surface area contributed by atoms with Crippen molar-refractivity contribution in [3.63, 3.8) is 0 Å². The lowest BCUT2D eigenvalue weighted by atomic mass is 9.97. The van der Waals surface area contributed by atoms with Gasteiger partial charge in [0.15, 0.2) is 5.78 Å². The van der Waals surface area contributed by atoms with Gasteiger partial charge < -0.3 is 4.74 Å². The fourth-order valence-electron chi connectivity index (χ4n) is 3.53. The van der Waals surface area contributed by atoms with Crippen LogP contribution >= 0.6 is 0 Å². The summed E-state index contributed by atoms with van der Waals surface area (Å²) in [5.74, 6) is 1.55. The molecule has 2 aromatic carbocycles. The Labute approximate surface area is 138 Å². The summed E-state index contributed by atoms with van der Waals surface area (Å²) < 4.78 is 5.74. The molecule has 2 aromatic rings. The first-order valence-corrected chi connectivity index (χ1v) is 8.59. The quantitative estimate of drug-likeness (QED) is 0.777. The second-order valence-electron chi connectivity index (χ2n) is 6.50. The second-order valence-corrected chi connectivity index (χ2v) is 6.50. The Balaban J connectivity index is 1.92. The standard InChI is InChI=1S/C20H25NO2/c1-3-23-19-11-10-16-8-4-5-9-17(16)20(19)18(22)14-21-12-6-7-15(2)13-21/h4-5,8-11,15H,3,6-7,12-14H2,1-2H3. The van der Waals surface area contributed by atoms with Crippen molar-refractivity contribution in [2.24, 2.45) is 5.92 Å². The van der Waals surface area contributed by atoms with Crippen molar-refractivity contribution >= 4 is 16.6 Å². The molecule has 1 saturated heterocycles. The molecule has 0 aliphatic carbocycles. The maximum absolute atomic E-state index is 13.0. The molecule has 0 aromatic heterocycles. The van der Waals surface area contributed by atoms with Crippen LogP contribution in [0.3, 0.4) is 0 Å². The van der Waals surface area contributed by atoms with E-state index in [1.54, 1.807) is 0 Å². The minimum absolute atomic E-state index is 0.166. The summed E-state index contributed by atoms with van der Waals surface area (Å²) in [6.07, 6.45) is 2.45.